The molecule has 0 aliphatic heterocycles. The SMILES string of the molecule is COc1ccc(C(C)=NC2CCCCC2)c(O)c1. The smallest absolute Gasteiger partial charge is 0.128 e. The average Bonchev–Trinajstić information content (AvgIpc) is 2.39. The van der Waals surface area contributed by atoms with Gasteiger partial charge < -0.3 is 9.84 Å². The summed E-state index contributed by atoms with van der Waals surface area (Å²) in [5, 5.41) is 9.96. The van der Waals surface area contributed by atoms with Crippen LogP contribution in [0.5, 0.6) is 11.5 Å². The van der Waals surface area contributed by atoms with Crippen molar-refractivity contribution < 1.29 is 9.84 Å². The minimum atomic E-state index is 0.242. The van der Waals surface area contributed by atoms with E-state index >= 15 is 0 Å². The number of ether oxygens (including phenoxy) is 1. The number of nitrogens with zero attached hydrogens (tertiary/aromatic N) is 1. The highest BCUT2D eigenvalue weighted by molar-refractivity contribution is 6.01. The number of benzene rings is 1. The Morgan fingerprint density at radius 2 is 2.00 bits per heavy atom. The number of hydrogen-bond donors (Lipinski definition) is 1. The lowest BCUT2D eigenvalue weighted by atomic mass is 9.95. The quantitative estimate of drug-likeness (QED) is 0.830. The Bertz CT molecular complexity index is 434. The van der Waals surface area contributed by atoms with Gasteiger partial charge in [-0.1, -0.05) is 19.3 Å². The van der Waals surface area contributed by atoms with Crippen LogP contribution in [0.25, 0.3) is 0 Å². The molecule has 1 saturated carbocycles. The normalized spacial score (nSPS) is 17.8. The molecule has 0 unspecified atom stereocenters. The Kier molecular flexibility index (Phi) is 4.24. The summed E-state index contributed by atoms with van der Waals surface area (Å²) in [5.74, 6) is 0.910. The Balaban J connectivity index is 2.16. The molecule has 18 heavy (non-hydrogen) atoms. The van der Waals surface area contributed by atoms with E-state index in [0.29, 0.717) is 11.8 Å². The second kappa shape index (κ2) is 5.89. The maximum atomic E-state index is 9.96. The summed E-state index contributed by atoms with van der Waals surface area (Å²) in [6.45, 7) is 1.97. The topological polar surface area (TPSA) is 41.8 Å². The number of aliphatic imine (C=N–C) groups is 1. The Labute approximate surface area is 109 Å². The first-order chi connectivity index (χ1) is 8.70. The highest BCUT2D eigenvalue weighted by Gasteiger charge is 2.13. The second-order valence-electron chi connectivity index (χ2n) is 4.89. The molecule has 3 heteroatoms. The van der Waals surface area contributed by atoms with Crippen LogP contribution in [-0.4, -0.2) is 24.0 Å². The monoisotopic (exact) mass is 247 g/mol. The highest BCUT2D eigenvalue weighted by atomic mass is 16.5. The van der Waals surface area contributed by atoms with Crippen molar-refractivity contribution in [1.82, 2.24) is 0 Å². The minimum Gasteiger partial charge on any atom is -0.507 e. The molecule has 0 radical (unpaired) electrons. The molecule has 1 aliphatic rings. The summed E-state index contributed by atoms with van der Waals surface area (Å²) in [6.07, 6.45) is 6.23. The third-order valence-electron chi connectivity index (χ3n) is 3.55. The summed E-state index contributed by atoms with van der Waals surface area (Å²) in [6, 6.07) is 5.79. The van der Waals surface area contributed by atoms with E-state index in [4.69, 9.17) is 9.73 Å². The maximum absolute atomic E-state index is 9.96. The first-order valence-electron chi connectivity index (χ1n) is 6.62. The molecule has 3 nitrogen and oxygen atoms in total. The molecule has 1 aliphatic carbocycles. The summed E-state index contributed by atoms with van der Waals surface area (Å²) < 4.78 is 5.08. The largest absolute Gasteiger partial charge is 0.507 e. The molecule has 98 valence electrons. The van der Waals surface area contributed by atoms with Crippen molar-refractivity contribution in [1.29, 1.82) is 0 Å². The molecule has 1 fully saturated rings. The third-order valence-corrected chi connectivity index (χ3v) is 3.55. The van der Waals surface area contributed by atoms with Gasteiger partial charge in [0.15, 0.2) is 0 Å². The van der Waals surface area contributed by atoms with Crippen molar-refractivity contribution in [3.63, 3.8) is 0 Å². The van der Waals surface area contributed by atoms with Crippen LogP contribution in [0.15, 0.2) is 23.2 Å². The van der Waals surface area contributed by atoms with Crippen molar-refractivity contribution in [2.75, 3.05) is 7.11 Å². The number of phenols is 1. The molecule has 0 aromatic heterocycles. The van der Waals surface area contributed by atoms with Crippen molar-refractivity contribution in [2.45, 2.75) is 45.1 Å². The van der Waals surface area contributed by atoms with Gasteiger partial charge in [0, 0.05) is 17.3 Å². The van der Waals surface area contributed by atoms with Gasteiger partial charge in [-0.25, -0.2) is 0 Å². The van der Waals surface area contributed by atoms with Gasteiger partial charge in [-0.15, -0.1) is 0 Å². The van der Waals surface area contributed by atoms with E-state index in [-0.39, 0.29) is 5.75 Å². The lowest BCUT2D eigenvalue weighted by Gasteiger charge is -2.18. The van der Waals surface area contributed by atoms with Crippen LogP contribution in [0, 0.1) is 0 Å². The van der Waals surface area contributed by atoms with Crippen molar-refractivity contribution in [2.24, 2.45) is 4.99 Å². The summed E-state index contributed by atoms with van der Waals surface area (Å²) >= 11 is 0. The van der Waals surface area contributed by atoms with Crippen LogP contribution in [0.1, 0.15) is 44.6 Å². The van der Waals surface area contributed by atoms with Gasteiger partial charge in [0.05, 0.1) is 13.2 Å². The third kappa shape index (κ3) is 3.03. The molecule has 2 rings (SSSR count). The van der Waals surface area contributed by atoms with Gasteiger partial charge in [0.1, 0.15) is 11.5 Å². The maximum Gasteiger partial charge on any atom is 0.128 e. The summed E-state index contributed by atoms with van der Waals surface area (Å²) in [5.41, 5.74) is 1.73. The standard InChI is InChI=1S/C15H21NO2/c1-11(16-12-6-4-3-5-7-12)14-9-8-13(18-2)10-15(14)17/h8-10,12,17H,3-7H2,1-2H3. The molecule has 1 aromatic rings. The average molecular weight is 247 g/mol. The number of methoxy groups -OCH3 is 1. The van der Waals surface area contributed by atoms with Gasteiger partial charge in [0.25, 0.3) is 0 Å². The van der Waals surface area contributed by atoms with Gasteiger partial charge in [-0.3, -0.25) is 4.99 Å². The zero-order chi connectivity index (χ0) is 13.0. The molecular formula is C15H21NO2. The van der Waals surface area contributed by atoms with Gasteiger partial charge in [-0.05, 0) is 31.9 Å². The zero-order valence-electron chi connectivity index (χ0n) is 11.1. The molecule has 0 saturated heterocycles. The molecule has 0 spiro atoms. The van der Waals surface area contributed by atoms with E-state index in [1.54, 1.807) is 13.2 Å². The highest BCUT2D eigenvalue weighted by Crippen LogP contribution is 2.26. The van der Waals surface area contributed by atoms with Crippen molar-refractivity contribution >= 4 is 5.71 Å². The number of phenolic OH excluding ortho intramolecular Hbond substituents is 1. The van der Waals surface area contributed by atoms with E-state index in [2.05, 4.69) is 0 Å². The van der Waals surface area contributed by atoms with Crippen LogP contribution in [0.2, 0.25) is 0 Å². The Morgan fingerprint density at radius 3 is 2.61 bits per heavy atom. The van der Waals surface area contributed by atoms with Crippen LogP contribution in [0.4, 0.5) is 0 Å². The first-order valence-corrected chi connectivity index (χ1v) is 6.62. The molecule has 1 N–H and O–H groups in total. The molecule has 0 amide bonds. The molecule has 0 atom stereocenters. The van der Waals surface area contributed by atoms with Gasteiger partial charge in [0.2, 0.25) is 0 Å². The van der Waals surface area contributed by atoms with E-state index in [0.717, 1.165) is 11.3 Å². The molecule has 1 aromatic carbocycles. The molecular weight excluding hydrogens is 226 g/mol. The van der Waals surface area contributed by atoms with Gasteiger partial charge in [-0.2, -0.15) is 0 Å². The van der Waals surface area contributed by atoms with Crippen molar-refractivity contribution in [3.8, 4) is 11.5 Å². The fraction of sp³-hybridized carbons (Fsp3) is 0.533. The van der Waals surface area contributed by atoms with Crippen LogP contribution >= 0.6 is 0 Å². The van der Waals surface area contributed by atoms with Crippen LogP contribution in [-0.2, 0) is 0 Å². The lowest BCUT2D eigenvalue weighted by molar-refractivity contribution is 0.407. The van der Waals surface area contributed by atoms with E-state index < -0.39 is 0 Å². The number of hydrogen-bond acceptors (Lipinski definition) is 3. The van der Waals surface area contributed by atoms with Crippen molar-refractivity contribution in [3.05, 3.63) is 23.8 Å². The minimum absolute atomic E-state index is 0.242. The van der Waals surface area contributed by atoms with E-state index in [1.807, 2.05) is 19.1 Å². The Morgan fingerprint density at radius 1 is 1.28 bits per heavy atom. The van der Waals surface area contributed by atoms with E-state index in [9.17, 15) is 5.11 Å². The summed E-state index contributed by atoms with van der Waals surface area (Å²) in [7, 11) is 1.59. The molecule has 0 heterocycles. The first kappa shape index (κ1) is 12.9. The zero-order valence-corrected chi connectivity index (χ0v) is 11.1. The Hall–Kier alpha value is -1.51. The lowest BCUT2D eigenvalue weighted by Crippen LogP contribution is -2.12. The second-order valence-corrected chi connectivity index (χ2v) is 4.89. The van der Waals surface area contributed by atoms with Crippen LogP contribution < -0.4 is 4.74 Å². The fourth-order valence-electron chi connectivity index (χ4n) is 2.50. The number of aromatic hydroxyl groups is 1. The fourth-order valence-corrected chi connectivity index (χ4v) is 2.50. The predicted octanol–water partition coefficient (Wildman–Crippen LogP) is 3.54. The van der Waals surface area contributed by atoms with E-state index in [1.165, 1.54) is 32.1 Å². The van der Waals surface area contributed by atoms with Crippen LogP contribution in [0.3, 0.4) is 0 Å². The van der Waals surface area contributed by atoms with Gasteiger partial charge >= 0.3 is 0 Å². The summed E-state index contributed by atoms with van der Waals surface area (Å²) in [4.78, 5) is 4.74. The molecule has 0 bridgehead atoms. The predicted molar refractivity (Wildman–Crippen MR) is 73.7 cm³/mol. The number of rotatable bonds is 3.